The van der Waals surface area contributed by atoms with E-state index in [1.165, 1.54) is 18.6 Å². The third-order valence-corrected chi connectivity index (χ3v) is 4.77. The zero-order valence-electron chi connectivity index (χ0n) is 17.0. The molecular weight excluding hydrogens is 359 g/mol. The SMILES string of the molecule is CCNC(=NCC(CC)Oc1cccc(F)c1)NCCCNC(=O)C1CCC1. The molecule has 1 atom stereocenters. The van der Waals surface area contributed by atoms with Crippen molar-refractivity contribution < 1.29 is 13.9 Å². The summed E-state index contributed by atoms with van der Waals surface area (Å²) in [5.74, 6) is 1.34. The number of ether oxygens (including phenoxy) is 1. The lowest BCUT2D eigenvalue weighted by molar-refractivity contribution is -0.127. The summed E-state index contributed by atoms with van der Waals surface area (Å²) in [5, 5.41) is 9.47. The predicted molar refractivity (Wildman–Crippen MR) is 110 cm³/mol. The van der Waals surface area contributed by atoms with Crippen LogP contribution in [0.1, 0.15) is 46.0 Å². The number of aliphatic imine (C=N–C) groups is 1. The largest absolute Gasteiger partial charge is 0.488 e. The Morgan fingerprint density at radius 2 is 2.04 bits per heavy atom. The minimum absolute atomic E-state index is 0.126. The summed E-state index contributed by atoms with van der Waals surface area (Å²) in [7, 11) is 0. The number of nitrogens with one attached hydrogen (secondary N) is 3. The predicted octanol–water partition coefficient (Wildman–Crippen LogP) is 2.84. The molecule has 156 valence electrons. The van der Waals surface area contributed by atoms with Gasteiger partial charge in [0.1, 0.15) is 17.7 Å². The van der Waals surface area contributed by atoms with Gasteiger partial charge in [-0.2, -0.15) is 0 Å². The van der Waals surface area contributed by atoms with Crippen LogP contribution in [0.15, 0.2) is 29.3 Å². The summed E-state index contributed by atoms with van der Waals surface area (Å²) in [6.07, 6.45) is 4.70. The van der Waals surface area contributed by atoms with E-state index in [0.29, 0.717) is 24.8 Å². The van der Waals surface area contributed by atoms with Crippen molar-refractivity contribution in [2.24, 2.45) is 10.9 Å². The molecule has 0 bridgehead atoms. The molecule has 0 radical (unpaired) electrons. The first-order chi connectivity index (χ1) is 13.6. The molecule has 1 unspecified atom stereocenters. The van der Waals surface area contributed by atoms with Crippen molar-refractivity contribution in [3.8, 4) is 5.75 Å². The van der Waals surface area contributed by atoms with Gasteiger partial charge in [0.2, 0.25) is 5.91 Å². The van der Waals surface area contributed by atoms with Gasteiger partial charge in [-0.3, -0.25) is 4.79 Å². The summed E-state index contributed by atoms with van der Waals surface area (Å²) in [6.45, 7) is 6.65. The molecule has 0 saturated heterocycles. The van der Waals surface area contributed by atoms with Crippen LogP contribution in [-0.4, -0.2) is 44.1 Å². The number of nitrogens with zero attached hydrogens (tertiary/aromatic N) is 1. The molecule has 1 saturated carbocycles. The highest BCUT2D eigenvalue weighted by Crippen LogP contribution is 2.26. The van der Waals surface area contributed by atoms with Crippen molar-refractivity contribution in [2.45, 2.75) is 52.1 Å². The molecule has 6 nitrogen and oxygen atoms in total. The van der Waals surface area contributed by atoms with Gasteiger partial charge in [0, 0.05) is 31.6 Å². The van der Waals surface area contributed by atoms with Crippen LogP contribution >= 0.6 is 0 Å². The molecule has 3 N–H and O–H groups in total. The van der Waals surface area contributed by atoms with Crippen molar-refractivity contribution >= 4 is 11.9 Å². The van der Waals surface area contributed by atoms with E-state index in [1.54, 1.807) is 12.1 Å². The third-order valence-electron chi connectivity index (χ3n) is 4.77. The lowest BCUT2D eigenvalue weighted by Gasteiger charge is -2.24. The van der Waals surface area contributed by atoms with Gasteiger partial charge in [0.05, 0.1) is 6.54 Å². The number of amides is 1. The number of hydrogen-bond acceptors (Lipinski definition) is 3. The Morgan fingerprint density at radius 3 is 2.68 bits per heavy atom. The molecule has 0 aromatic heterocycles. The number of benzene rings is 1. The maximum atomic E-state index is 13.3. The van der Waals surface area contributed by atoms with Gasteiger partial charge in [-0.15, -0.1) is 0 Å². The molecule has 1 aliphatic carbocycles. The van der Waals surface area contributed by atoms with Crippen LogP contribution in [0.2, 0.25) is 0 Å². The number of carbonyl (C=O) groups is 1. The molecule has 1 fully saturated rings. The van der Waals surface area contributed by atoms with E-state index >= 15 is 0 Å². The van der Waals surface area contributed by atoms with Crippen LogP contribution in [0.5, 0.6) is 5.75 Å². The van der Waals surface area contributed by atoms with E-state index in [0.717, 1.165) is 38.8 Å². The Kier molecular flexibility index (Phi) is 9.59. The Bertz CT molecular complexity index is 635. The van der Waals surface area contributed by atoms with E-state index in [-0.39, 0.29) is 23.7 Å². The van der Waals surface area contributed by atoms with Gasteiger partial charge in [-0.25, -0.2) is 9.38 Å². The molecule has 1 aliphatic rings. The number of rotatable bonds is 11. The fourth-order valence-corrected chi connectivity index (χ4v) is 2.84. The van der Waals surface area contributed by atoms with Crippen LogP contribution in [-0.2, 0) is 4.79 Å². The van der Waals surface area contributed by atoms with Crippen LogP contribution < -0.4 is 20.7 Å². The van der Waals surface area contributed by atoms with Crippen LogP contribution in [0.3, 0.4) is 0 Å². The van der Waals surface area contributed by atoms with Gasteiger partial charge in [-0.1, -0.05) is 19.4 Å². The second-order valence-corrected chi connectivity index (χ2v) is 7.02. The molecule has 1 aromatic rings. The van der Waals surface area contributed by atoms with E-state index < -0.39 is 0 Å². The van der Waals surface area contributed by atoms with Crippen LogP contribution in [0.4, 0.5) is 4.39 Å². The number of halogens is 1. The van der Waals surface area contributed by atoms with Crippen molar-refractivity contribution in [3.63, 3.8) is 0 Å². The average molecular weight is 393 g/mol. The quantitative estimate of drug-likeness (QED) is 0.308. The average Bonchev–Trinajstić information content (AvgIpc) is 2.63. The first kappa shape index (κ1) is 22.0. The van der Waals surface area contributed by atoms with Crippen molar-refractivity contribution in [3.05, 3.63) is 30.1 Å². The molecule has 2 rings (SSSR count). The van der Waals surface area contributed by atoms with Gasteiger partial charge in [-0.05, 0) is 44.7 Å². The lowest BCUT2D eigenvalue weighted by Crippen LogP contribution is -2.40. The van der Waals surface area contributed by atoms with Gasteiger partial charge < -0.3 is 20.7 Å². The van der Waals surface area contributed by atoms with E-state index in [4.69, 9.17) is 4.74 Å². The Hall–Kier alpha value is -2.31. The monoisotopic (exact) mass is 392 g/mol. The summed E-state index contributed by atoms with van der Waals surface area (Å²) in [6, 6.07) is 6.16. The maximum absolute atomic E-state index is 13.3. The topological polar surface area (TPSA) is 74.8 Å². The molecule has 28 heavy (non-hydrogen) atoms. The number of guanidine groups is 1. The zero-order chi connectivity index (χ0) is 20.2. The second kappa shape index (κ2) is 12.2. The fourth-order valence-electron chi connectivity index (χ4n) is 2.84. The van der Waals surface area contributed by atoms with E-state index in [1.807, 2.05) is 13.8 Å². The van der Waals surface area contributed by atoms with Gasteiger partial charge >= 0.3 is 0 Å². The Labute approximate surface area is 167 Å². The highest BCUT2D eigenvalue weighted by Gasteiger charge is 2.24. The summed E-state index contributed by atoms with van der Waals surface area (Å²) in [4.78, 5) is 16.4. The van der Waals surface area contributed by atoms with Crippen molar-refractivity contribution in [1.29, 1.82) is 0 Å². The molecule has 0 spiro atoms. The van der Waals surface area contributed by atoms with Crippen LogP contribution in [0, 0.1) is 11.7 Å². The highest BCUT2D eigenvalue weighted by atomic mass is 19.1. The minimum Gasteiger partial charge on any atom is -0.488 e. The normalized spacial score (nSPS) is 15.5. The summed E-state index contributed by atoms with van der Waals surface area (Å²) in [5.41, 5.74) is 0. The number of hydrogen-bond donors (Lipinski definition) is 3. The number of carbonyl (C=O) groups excluding carboxylic acids is 1. The van der Waals surface area contributed by atoms with Crippen molar-refractivity contribution in [1.82, 2.24) is 16.0 Å². The van der Waals surface area contributed by atoms with Gasteiger partial charge in [0.15, 0.2) is 5.96 Å². The van der Waals surface area contributed by atoms with Gasteiger partial charge in [0.25, 0.3) is 0 Å². The lowest BCUT2D eigenvalue weighted by atomic mass is 9.85. The second-order valence-electron chi connectivity index (χ2n) is 7.02. The summed E-state index contributed by atoms with van der Waals surface area (Å²) >= 11 is 0. The van der Waals surface area contributed by atoms with Crippen LogP contribution in [0.25, 0.3) is 0 Å². The molecule has 1 amide bonds. The molecule has 7 heteroatoms. The minimum atomic E-state index is -0.310. The zero-order valence-corrected chi connectivity index (χ0v) is 17.0. The van der Waals surface area contributed by atoms with E-state index in [9.17, 15) is 9.18 Å². The Morgan fingerprint density at radius 1 is 1.25 bits per heavy atom. The highest BCUT2D eigenvalue weighted by molar-refractivity contribution is 5.80. The first-order valence-electron chi connectivity index (χ1n) is 10.3. The maximum Gasteiger partial charge on any atom is 0.223 e. The van der Waals surface area contributed by atoms with Crippen molar-refractivity contribution in [2.75, 3.05) is 26.2 Å². The third kappa shape index (κ3) is 7.74. The first-order valence-corrected chi connectivity index (χ1v) is 10.3. The Balaban J connectivity index is 1.72. The standard InChI is InChI=1S/C21H33FN4O2/c1-3-18(28-19-11-6-10-17(22)14-19)15-26-21(23-4-2)25-13-7-12-24-20(27)16-8-5-9-16/h6,10-11,14,16,18H,3-5,7-9,12-13,15H2,1-2H3,(H,24,27)(H2,23,25,26). The fraction of sp³-hybridized carbons (Fsp3) is 0.619. The molecule has 1 aromatic carbocycles. The van der Waals surface area contributed by atoms with E-state index in [2.05, 4.69) is 20.9 Å². The summed E-state index contributed by atoms with van der Waals surface area (Å²) < 4.78 is 19.1. The molecular formula is C21H33FN4O2. The molecule has 0 heterocycles. The smallest absolute Gasteiger partial charge is 0.223 e. The molecule has 0 aliphatic heterocycles.